The molecule has 0 radical (unpaired) electrons. The molecule has 0 fully saturated rings. The fourth-order valence-corrected chi connectivity index (χ4v) is 0.969. The van der Waals surface area contributed by atoms with E-state index in [2.05, 4.69) is 44.1 Å². The van der Waals surface area contributed by atoms with E-state index in [0.717, 1.165) is 11.4 Å². The molecule has 0 saturated carbocycles. The van der Waals surface area contributed by atoms with Gasteiger partial charge in [-0.2, -0.15) is 0 Å². The summed E-state index contributed by atoms with van der Waals surface area (Å²) in [6.07, 6.45) is 0. The Morgan fingerprint density at radius 2 is 1.73 bits per heavy atom. The monoisotopic (exact) mass is 205 g/mol. The van der Waals surface area contributed by atoms with Crippen LogP contribution in [-0.2, 0) is 0 Å². The molecule has 1 N–H and O–H groups in total. The van der Waals surface area contributed by atoms with Gasteiger partial charge in [0.05, 0.1) is 0 Å². The van der Waals surface area contributed by atoms with Crippen molar-refractivity contribution in [2.45, 2.75) is 27.7 Å². The number of rotatable bonds is 2. The summed E-state index contributed by atoms with van der Waals surface area (Å²) in [4.78, 5) is 0. The number of benzene rings is 1. The number of aryl methyl sites for hydroxylation is 1. The van der Waals surface area contributed by atoms with Gasteiger partial charge in [0.15, 0.2) is 0 Å². The third-order valence-electron chi connectivity index (χ3n) is 1.38. The van der Waals surface area contributed by atoms with Crippen LogP contribution in [0.15, 0.2) is 49.7 Å². The van der Waals surface area contributed by atoms with Gasteiger partial charge in [-0.05, 0) is 31.5 Å². The van der Waals surface area contributed by atoms with Crippen molar-refractivity contribution in [2.24, 2.45) is 0 Å². The zero-order valence-electron chi connectivity index (χ0n) is 10.4. The third kappa shape index (κ3) is 8.82. The molecule has 15 heavy (non-hydrogen) atoms. The molecule has 0 aliphatic carbocycles. The predicted octanol–water partition coefficient (Wildman–Crippen LogP) is 4.77. The zero-order chi connectivity index (χ0) is 12.3. The van der Waals surface area contributed by atoms with Crippen molar-refractivity contribution in [3.05, 3.63) is 55.3 Å². The molecule has 0 amide bonds. The summed E-state index contributed by atoms with van der Waals surface area (Å²) in [7, 11) is 0. The Labute approximate surface area is 94.5 Å². The smallest absolute Gasteiger partial charge is 0.0384 e. The maximum absolute atomic E-state index is 3.77. The van der Waals surface area contributed by atoms with Crippen LogP contribution in [0, 0.1) is 6.92 Å². The summed E-state index contributed by atoms with van der Waals surface area (Å²) < 4.78 is 0. The highest BCUT2D eigenvalue weighted by atomic mass is 14.9. The largest absolute Gasteiger partial charge is 0.360 e. The van der Waals surface area contributed by atoms with Gasteiger partial charge in [-0.1, -0.05) is 32.6 Å². The third-order valence-corrected chi connectivity index (χ3v) is 1.38. The van der Waals surface area contributed by atoms with Crippen LogP contribution < -0.4 is 5.32 Å². The zero-order valence-corrected chi connectivity index (χ0v) is 10.4. The molecule has 0 aliphatic rings. The lowest BCUT2D eigenvalue weighted by atomic mass is 10.2. The van der Waals surface area contributed by atoms with E-state index in [-0.39, 0.29) is 0 Å². The Morgan fingerprint density at radius 3 is 2.13 bits per heavy atom. The Hall–Kier alpha value is -1.50. The van der Waals surface area contributed by atoms with Crippen molar-refractivity contribution >= 4 is 5.69 Å². The van der Waals surface area contributed by atoms with Crippen LogP contribution in [-0.4, -0.2) is 0 Å². The van der Waals surface area contributed by atoms with E-state index in [4.69, 9.17) is 0 Å². The number of nitrogens with one attached hydrogen (secondary N) is 1. The highest BCUT2D eigenvalue weighted by Crippen LogP contribution is 2.10. The average molecular weight is 205 g/mol. The second-order valence-corrected chi connectivity index (χ2v) is 2.77. The summed E-state index contributed by atoms with van der Waals surface area (Å²) in [5.74, 6) is 0. The van der Waals surface area contributed by atoms with Gasteiger partial charge in [0.2, 0.25) is 0 Å². The molecule has 1 aromatic carbocycles. The molecular weight excluding hydrogens is 182 g/mol. The van der Waals surface area contributed by atoms with Gasteiger partial charge in [-0.3, -0.25) is 0 Å². The van der Waals surface area contributed by atoms with Gasteiger partial charge in [0.1, 0.15) is 0 Å². The fraction of sp³-hybridized carbons (Fsp3) is 0.286. The maximum atomic E-state index is 3.77. The number of hydrogen-bond acceptors (Lipinski definition) is 1. The lowest BCUT2D eigenvalue weighted by Crippen LogP contribution is -1.92. The van der Waals surface area contributed by atoms with E-state index in [1.54, 1.807) is 0 Å². The molecule has 0 aliphatic heterocycles. The van der Waals surface area contributed by atoms with Crippen molar-refractivity contribution in [1.29, 1.82) is 0 Å². The number of anilines is 1. The van der Waals surface area contributed by atoms with Crippen LogP contribution in [0.25, 0.3) is 0 Å². The Morgan fingerprint density at radius 1 is 1.20 bits per heavy atom. The average Bonchev–Trinajstić information content (AvgIpc) is 2.23. The molecule has 0 saturated heterocycles. The molecular formula is C14H23N. The molecule has 0 aromatic heterocycles. The standard InChI is InChI=1S/C10H13N.C2H6.C2H4/c1-8(2)11-10-6-4-5-9(3)7-10;2*1-2/h4-7,11H,1H2,2-3H3;1-2H3;1-2H2. The highest BCUT2D eigenvalue weighted by molar-refractivity contribution is 5.48. The minimum Gasteiger partial charge on any atom is -0.360 e. The first kappa shape index (κ1) is 15.9. The first-order valence-corrected chi connectivity index (χ1v) is 5.17. The van der Waals surface area contributed by atoms with E-state index >= 15 is 0 Å². The molecule has 1 nitrogen and oxygen atoms in total. The first-order chi connectivity index (χ1) is 7.18. The predicted molar refractivity (Wildman–Crippen MR) is 72.2 cm³/mol. The van der Waals surface area contributed by atoms with Crippen molar-refractivity contribution in [3.63, 3.8) is 0 Å². The van der Waals surface area contributed by atoms with Crippen LogP contribution in [0.1, 0.15) is 26.3 Å². The second kappa shape index (κ2) is 10.6. The summed E-state index contributed by atoms with van der Waals surface area (Å²) in [5.41, 5.74) is 3.34. The van der Waals surface area contributed by atoms with Crippen molar-refractivity contribution < 1.29 is 0 Å². The van der Waals surface area contributed by atoms with E-state index < -0.39 is 0 Å². The lowest BCUT2D eigenvalue weighted by Gasteiger charge is -2.04. The summed E-state index contributed by atoms with van der Waals surface area (Å²) >= 11 is 0. The molecule has 0 heterocycles. The van der Waals surface area contributed by atoms with E-state index in [0.29, 0.717) is 0 Å². The quantitative estimate of drug-likeness (QED) is 0.686. The first-order valence-electron chi connectivity index (χ1n) is 5.17. The molecule has 0 unspecified atom stereocenters. The van der Waals surface area contributed by atoms with Crippen LogP contribution in [0.2, 0.25) is 0 Å². The second-order valence-electron chi connectivity index (χ2n) is 2.77. The van der Waals surface area contributed by atoms with E-state index in [1.165, 1.54) is 5.56 Å². The van der Waals surface area contributed by atoms with Gasteiger partial charge >= 0.3 is 0 Å². The van der Waals surface area contributed by atoms with Crippen LogP contribution >= 0.6 is 0 Å². The SMILES string of the molecule is C=C.C=C(C)Nc1cccc(C)c1.CC. The summed E-state index contributed by atoms with van der Waals surface area (Å²) in [6.45, 7) is 17.8. The minimum absolute atomic E-state index is 0.968. The van der Waals surface area contributed by atoms with Gasteiger partial charge < -0.3 is 5.32 Å². The molecule has 0 spiro atoms. The fourth-order valence-electron chi connectivity index (χ4n) is 0.969. The normalized spacial score (nSPS) is 7.47. The molecule has 84 valence electrons. The van der Waals surface area contributed by atoms with Crippen LogP contribution in [0.5, 0.6) is 0 Å². The molecule has 1 heteroatoms. The molecule has 1 aromatic rings. The van der Waals surface area contributed by atoms with Crippen molar-refractivity contribution in [1.82, 2.24) is 0 Å². The number of hydrogen-bond donors (Lipinski definition) is 1. The summed E-state index contributed by atoms with van der Waals surface area (Å²) in [5, 5.41) is 3.15. The highest BCUT2D eigenvalue weighted by Gasteiger charge is 1.89. The van der Waals surface area contributed by atoms with Crippen molar-refractivity contribution in [2.75, 3.05) is 5.32 Å². The van der Waals surface area contributed by atoms with Gasteiger partial charge in [-0.25, -0.2) is 0 Å². The van der Waals surface area contributed by atoms with Gasteiger partial charge in [-0.15, -0.1) is 13.2 Å². The van der Waals surface area contributed by atoms with E-state index in [1.807, 2.05) is 32.9 Å². The van der Waals surface area contributed by atoms with Crippen LogP contribution in [0.3, 0.4) is 0 Å². The lowest BCUT2D eigenvalue weighted by molar-refractivity contribution is 1.37. The Balaban J connectivity index is 0. The van der Waals surface area contributed by atoms with E-state index in [9.17, 15) is 0 Å². The Kier molecular flexibility index (Phi) is 11.2. The van der Waals surface area contributed by atoms with Gasteiger partial charge in [0, 0.05) is 11.4 Å². The number of allylic oxidation sites excluding steroid dienone is 1. The molecule has 1 rings (SSSR count). The maximum Gasteiger partial charge on any atom is 0.0384 e. The van der Waals surface area contributed by atoms with Crippen molar-refractivity contribution in [3.8, 4) is 0 Å². The summed E-state index contributed by atoms with van der Waals surface area (Å²) in [6, 6.07) is 8.22. The topological polar surface area (TPSA) is 12.0 Å². The van der Waals surface area contributed by atoms with Gasteiger partial charge in [0.25, 0.3) is 0 Å². The minimum atomic E-state index is 0.968. The molecule has 0 bridgehead atoms. The Bertz CT molecular complexity index is 276. The van der Waals surface area contributed by atoms with Crippen LogP contribution in [0.4, 0.5) is 5.69 Å². The molecule has 0 atom stereocenters.